The molecule has 1 aromatic carbocycles. The fraction of sp³-hybridized carbons (Fsp3) is 0.550. The number of tetrazole rings is 1. The van der Waals surface area contributed by atoms with Gasteiger partial charge in [-0.15, -0.1) is 5.10 Å². The molecule has 1 aliphatic heterocycles. The summed E-state index contributed by atoms with van der Waals surface area (Å²) in [6, 6.07) is 4.76. The van der Waals surface area contributed by atoms with E-state index >= 15 is 0 Å². The van der Waals surface area contributed by atoms with Gasteiger partial charge in [-0.1, -0.05) is 25.4 Å². The van der Waals surface area contributed by atoms with Crippen molar-refractivity contribution in [2.75, 3.05) is 6.54 Å². The van der Waals surface area contributed by atoms with E-state index in [1.807, 2.05) is 13.8 Å². The Morgan fingerprint density at radius 3 is 2.83 bits per heavy atom. The Kier molecular flexibility index (Phi) is 6.72. The molecule has 1 aliphatic rings. The molecule has 162 valence electrons. The number of nitrogens with zero attached hydrogens (tertiary/aromatic N) is 5. The molecule has 2 amide bonds. The average Bonchev–Trinajstić information content (AvgIpc) is 3.36. The number of carbonyl (C=O) groups is 2. The summed E-state index contributed by atoms with van der Waals surface area (Å²) in [6.45, 7) is 6.57. The molecule has 2 atom stereocenters. The summed E-state index contributed by atoms with van der Waals surface area (Å²) < 4.78 is 1.51. The third-order valence-corrected chi connectivity index (χ3v) is 5.46. The Morgan fingerprint density at radius 2 is 2.17 bits per heavy atom. The number of nitrogens with two attached hydrogens (primary N) is 1. The Balaban J connectivity index is 1.71. The summed E-state index contributed by atoms with van der Waals surface area (Å²) in [4.78, 5) is 27.6. The van der Waals surface area contributed by atoms with Crippen LogP contribution < -0.4 is 11.1 Å². The van der Waals surface area contributed by atoms with Crippen molar-refractivity contribution in [3.8, 4) is 5.69 Å². The van der Waals surface area contributed by atoms with Crippen LogP contribution in [-0.4, -0.2) is 55.0 Å². The van der Waals surface area contributed by atoms with Crippen LogP contribution in [0.5, 0.6) is 0 Å². The summed E-state index contributed by atoms with van der Waals surface area (Å²) in [5.74, 6) is -0.0961. The molecule has 0 aliphatic carbocycles. The number of aromatic nitrogens is 4. The number of hydrogen-bond acceptors (Lipinski definition) is 6. The van der Waals surface area contributed by atoms with E-state index in [4.69, 9.17) is 17.3 Å². The lowest BCUT2D eigenvalue weighted by atomic mass is 9.90. The van der Waals surface area contributed by atoms with E-state index in [2.05, 4.69) is 20.8 Å². The molecule has 0 bridgehead atoms. The summed E-state index contributed by atoms with van der Waals surface area (Å²) >= 11 is 6.14. The molecular weight excluding hydrogens is 406 g/mol. The maximum Gasteiger partial charge on any atom is 0.243 e. The van der Waals surface area contributed by atoms with Crippen molar-refractivity contribution < 1.29 is 9.59 Å². The highest BCUT2D eigenvalue weighted by molar-refractivity contribution is 6.30. The zero-order valence-electron chi connectivity index (χ0n) is 17.5. The quantitative estimate of drug-likeness (QED) is 0.685. The molecule has 2 unspecified atom stereocenters. The highest BCUT2D eigenvalue weighted by Gasteiger charge is 2.41. The first-order valence-electron chi connectivity index (χ1n) is 10.1. The molecule has 3 rings (SSSR count). The maximum absolute atomic E-state index is 13.0. The van der Waals surface area contributed by atoms with Gasteiger partial charge in [0.2, 0.25) is 11.8 Å². The van der Waals surface area contributed by atoms with Crippen LogP contribution in [0.3, 0.4) is 0 Å². The normalized spacial score (nSPS) is 18.5. The second-order valence-corrected chi connectivity index (χ2v) is 8.85. The molecule has 0 radical (unpaired) electrons. The van der Waals surface area contributed by atoms with Crippen LogP contribution in [0.25, 0.3) is 5.69 Å². The van der Waals surface area contributed by atoms with Crippen LogP contribution in [0.1, 0.15) is 45.6 Å². The Hall–Kier alpha value is -2.52. The van der Waals surface area contributed by atoms with Gasteiger partial charge in [0.15, 0.2) is 0 Å². The smallest absolute Gasteiger partial charge is 0.243 e. The number of rotatable bonds is 7. The van der Waals surface area contributed by atoms with Gasteiger partial charge < -0.3 is 16.0 Å². The number of halogens is 1. The summed E-state index contributed by atoms with van der Waals surface area (Å²) in [6.07, 6.45) is 3.43. The van der Waals surface area contributed by atoms with Crippen molar-refractivity contribution in [2.24, 2.45) is 11.7 Å². The molecule has 0 spiro atoms. The van der Waals surface area contributed by atoms with Crippen molar-refractivity contribution >= 4 is 23.4 Å². The first-order chi connectivity index (χ1) is 14.2. The largest absolute Gasteiger partial charge is 0.350 e. The molecular formula is C20H28ClN7O2. The molecule has 9 nitrogen and oxygen atoms in total. The van der Waals surface area contributed by atoms with Crippen LogP contribution in [0, 0.1) is 5.92 Å². The molecule has 10 heteroatoms. The number of carbonyl (C=O) groups excluding carboxylic acids is 2. The first kappa shape index (κ1) is 22.2. The van der Waals surface area contributed by atoms with Gasteiger partial charge in [-0.25, -0.2) is 4.68 Å². The number of hydrogen-bond donors (Lipinski definition) is 2. The zero-order valence-corrected chi connectivity index (χ0v) is 18.3. The minimum Gasteiger partial charge on any atom is -0.350 e. The predicted octanol–water partition coefficient (Wildman–Crippen LogP) is 1.69. The topological polar surface area (TPSA) is 119 Å². The second-order valence-electron chi connectivity index (χ2n) is 8.42. The van der Waals surface area contributed by atoms with Crippen LogP contribution in [-0.2, 0) is 16.1 Å². The average molecular weight is 434 g/mol. The standard InChI is InChI=1S/C20H28ClN7O2/c1-13(2)10-20(3,22)19(30)27-8-4-5-17(27)18(29)23-11-14-9-15(21)6-7-16(14)28-12-24-25-26-28/h6-7,9,12-13,17H,4-5,8,10-11,22H2,1-3H3,(H,23,29). The summed E-state index contributed by atoms with van der Waals surface area (Å²) in [7, 11) is 0. The van der Waals surface area contributed by atoms with E-state index in [0.29, 0.717) is 24.4 Å². The number of amides is 2. The molecule has 30 heavy (non-hydrogen) atoms. The van der Waals surface area contributed by atoms with Gasteiger partial charge in [0.1, 0.15) is 12.4 Å². The van der Waals surface area contributed by atoms with Gasteiger partial charge in [-0.05, 0) is 66.3 Å². The SMILES string of the molecule is CC(C)CC(C)(N)C(=O)N1CCCC1C(=O)NCc1cc(Cl)ccc1-n1cnnn1. The first-order valence-corrected chi connectivity index (χ1v) is 10.5. The number of nitrogens with one attached hydrogen (secondary N) is 1. The molecule has 1 aromatic heterocycles. The third kappa shape index (κ3) is 4.96. The van der Waals surface area contributed by atoms with Crippen LogP contribution in [0.15, 0.2) is 24.5 Å². The minimum absolute atomic E-state index is 0.175. The van der Waals surface area contributed by atoms with E-state index in [9.17, 15) is 9.59 Å². The molecule has 1 fully saturated rings. The monoisotopic (exact) mass is 433 g/mol. The fourth-order valence-corrected chi connectivity index (χ4v) is 4.23. The Labute approximate surface area is 180 Å². The summed E-state index contributed by atoms with van der Waals surface area (Å²) in [5, 5.41) is 14.7. The van der Waals surface area contributed by atoms with Crippen molar-refractivity contribution in [1.82, 2.24) is 30.4 Å². The van der Waals surface area contributed by atoms with E-state index in [0.717, 1.165) is 17.7 Å². The third-order valence-electron chi connectivity index (χ3n) is 5.23. The highest BCUT2D eigenvalue weighted by Crippen LogP contribution is 2.25. The molecule has 1 saturated heterocycles. The fourth-order valence-electron chi connectivity index (χ4n) is 4.04. The number of benzene rings is 1. The van der Waals surface area contributed by atoms with Crippen LogP contribution in [0.2, 0.25) is 5.02 Å². The van der Waals surface area contributed by atoms with Crippen molar-refractivity contribution in [3.05, 3.63) is 35.1 Å². The van der Waals surface area contributed by atoms with Gasteiger partial charge in [-0.2, -0.15) is 0 Å². The van der Waals surface area contributed by atoms with E-state index < -0.39 is 11.6 Å². The van der Waals surface area contributed by atoms with Gasteiger partial charge in [-0.3, -0.25) is 9.59 Å². The van der Waals surface area contributed by atoms with Gasteiger partial charge in [0.25, 0.3) is 0 Å². The van der Waals surface area contributed by atoms with Crippen LogP contribution in [0.4, 0.5) is 0 Å². The summed E-state index contributed by atoms with van der Waals surface area (Å²) in [5.41, 5.74) is 6.80. The van der Waals surface area contributed by atoms with E-state index in [-0.39, 0.29) is 24.3 Å². The van der Waals surface area contributed by atoms with Gasteiger partial charge >= 0.3 is 0 Å². The lowest BCUT2D eigenvalue weighted by molar-refractivity contribution is -0.142. The van der Waals surface area contributed by atoms with E-state index in [1.165, 1.54) is 11.0 Å². The Bertz CT molecular complexity index is 899. The van der Waals surface area contributed by atoms with Crippen molar-refractivity contribution in [1.29, 1.82) is 0 Å². The molecule has 2 heterocycles. The van der Waals surface area contributed by atoms with Crippen molar-refractivity contribution in [2.45, 2.75) is 58.2 Å². The molecule has 0 saturated carbocycles. The van der Waals surface area contributed by atoms with Crippen molar-refractivity contribution in [3.63, 3.8) is 0 Å². The number of likely N-dealkylation sites (tertiary alicyclic amines) is 1. The minimum atomic E-state index is -0.989. The maximum atomic E-state index is 13.0. The lowest BCUT2D eigenvalue weighted by Crippen LogP contribution is -2.57. The molecule has 3 N–H and O–H groups in total. The highest BCUT2D eigenvalue weighted by atomic mass is 35.5. The molecule has 2 aromatic rings. The van der Waals surface area contributed by atoms with Crippen LogP contribution >= 0.6 is 11.6 Å². The van der Waals surface area contributed by atoms with E-state index in [1.54, 1.807) is 30.0 Å². The van der Waals surface area contributed by atoms with Gasteiger partial charge in [0, 0.05) is 18.1 Å². The lowest BCUT2D eigenvalue weighted by Gasteiger charge is -2.33. The van der Waals surface area contributed by atoms with Gasteiger partial charge in [0.05, 0.1) is 11.2 Å². The predicted molar refractivity (Wildman–Crippen MR) is 113 cm³/mol. The second kappa shape index (κ2) is 9.09. The zero-order chi connectivity index (χ0) is 21.9. The Morgan fingerprint density at radius 1 is 1.40 bits per heavy atom.